The lowest BCUT2D eigenvalue weighted by atomic mass is 10.2. The largest absolute Gasteiger partial charge is 0.374 e. The molecule has 0 radical (unpaired) electrons. The number of nitrogens with zero attached hydrogens (tertiary/aromatic N) is 6. The molecule has 0 unspecified atom stereocenters. The van der Waals surface area contributed by atoms with Crippen LogP contribution in [0.25, 0.3) is 27.1 Å². The van der Waals surface area contributed by atoms with Gasteiger partial charge in [0.2, 0.25) is 0 Å². The molecule has 0 bridgehead atoms. The summed E-state index contributed by atoms with van der Waals surface area (Å²) in [5, 5.41) is 10.9. The summed E-state index contributed by atoms with van der Waals surface area (Å²) in [7, 11) is 0. The monoisotopic (exact) mass is 530 g/mol. The van der Waals surface area contributed by atoms with Crippen LogP contribution in [0, 0.1) is 0 Å². The van der Waals surface area contributed by atoms with Crippen molar-refractivity contribution in [1.82, 2.24) is 34.7 Å². The molecule has 0 aliphatic carbocycles. The minimum Gasteiger partial charge on any atom is -0.374 e. The SMILES string of the molecule is O=c1c2c(Cl)cccc2nc([C@H](COCc2ccccc2)Nc2ncnc3scnc23)n1-c1ccn[nH]1. The average molecular weight is 531 g/mol. The summed E-state index contributed by atoms with van der Waals surface area (Å²) in [6.07, 6.45) is 3.04. The van der Waals surface area contributed by atoms with Crippen molar-refractivity contribution in [2.45, 2.75) is 12.6 Å². The fraction of sp³-hybridized carbons (Fsp3) is 0.120. The van der Waals surface area contributed by atoms with Gasteiger partial charge in [0.1, 0.15) is 34.4 Å². The van der Waals surface area contributed by atoms with Crippen LogP contribution in [0.3, 0.4) is 0 Å². The minimum atomic E-state index is -0.595. The van der Waals surface area contributed by atoms with Crippen molar-refractivity contribution >= 4 is 50.0 Å². The molecule has 0 aliphatic rings. The Kier molecular flexibility index (Phi) is 6.31. The number of thiazole rings is 1. The molecule has 0 saturated carbocycles. The number of halogens is 1. The number of hydrogen-bond acceptors (Lipinski definition) is 9. The Labute approximate surface area is 219 Å². The molecule has 0 saturated heterocycles. The quantitative estimate of drug-likeness (QED) is 0.294. The minimum absolute atomic E-state index is 0.178. The molecular weight excluding hydrogens is 512 g/mol. The Hall–Kier alpha value is -4.19. The van der Waals surface area contributed by atoms with Crippen LogP contribution in [0.1, 0.15) is 17.4 Å². The van der Waals surface area contributed by atoms with Gasteiger partial charge in [0.05, 0.1) is 40.8 Å². The van der Waals surface area contributed by atoms with Gasteiger partial charge in [-0.05, 0) is 17.7 Å². The molecule has 12 heteroatoms. The molecule has 1 atom stereocenters. The molecule has 0 spiro atoms. The first-order valence-corrected chi connectivity index (χ1v) is 12.6. The third-order valence-corrected chi connectivity index (χ3v) is 6.80. The van der Waals surface area contributed by atoms with Crippen LogP contribution in [0.2, 0.25) is 5.02 Å². The molecular formula is C25H19ClN8O2S. The molecule has 6 rings (SSSR count). The van der Waals surface area contributed by atoms with Crippen LogP contribution >= 0.6 is 22.9 Å². The van der Waals surface area contributed by atoms with Crippen LogP contribution in [-0.4, -0.2) is 41.3 Å². The van der Waals surface area contributed by atoms with Crippen LogP contribution in [0.5, 0.6) is 0 Å². The van der Waals surface area contributed by atoms with Crippen molar-refractivity contribution in [3.8, 4) is 5.82 Å². The number of rotatable bonds is 8. The fourth-order valence-electron chi connectivity index (χ4n) is 4.06. The zero-order valence-electron chi connectivity index (χ0n) is 19.2. The standard InChI is InChI=1S/C25H19ClN8O2S/c26-16-7-4-8-17-20(16)25(35)34(19-9-10-30-33-19)23(32-17)18(12-36-11-15-5-2-1-3-6-15)31-22-21-24(28-13-27-22)37-14-29-21/h1-10,13-14,18H,11-12H2,(H,30,33)(H,27,28,31)/t18-/m0/s1. The van der Waals surface area contributed by atoms with Crippen molar-refractivity contribution in [2.24, 2.45) is 0 Å². The number of hydrogen-bond donors (Lipinski definition) is 2. The van der Waals surface area contributed by atoms with E-state index in [1.54, 1.807) is 36.0 Å². The van der Waals surface area contributed by atoms with E-state index in [-0.39, 0.29) is 12.2 Å². The van der Waals surface area contributed by atoms with Crippen LogP contribution in [0.15, 0.2) is 77.4 Å². The smallest absolute Gasteiger partial charge is 0.268 e. The Morgan fingerprint density at radius 1 is 1.08 bits per heavy atom. The first kappa shape index (κ1) is 23.2. The molecule has 4 aromatic heterocycles. The van der Waals surface area contributed by atoms with Gasteiger partial charge < -0.3 is 10.1 Å². The number of anilines is 1. The Morgan fingerprint density at radius 3 is 2.81 bits per heavy atom. The number of aromatic nitrogens is 7. The highest BCUT2D eigenvalue weighted by atomic mass is 35.5. The third kappa shape index (κ3) is 4.55. The lowest BCUT2D eigenvalue weighted by Crippen LogP contribution is -2.31. The van der Waals surface area contributed by atoms with E-state index in [0.29, 0.717) is 45.5 Å². The maximum Gasteiger partial charge on any atom is 0.268 e. The summed E-state index contributed by atoms with van der Waals surface area (Å²) >= 11 is 7.83. The topological polar surface area (TPSA) is 124 Å². The molecule has 37 heavy (non-hydrogen) atoms. The molecule has 6 aromatic rings. The predicted octanol–water partition coefficient (Wildman–Crippen LogP) is 4.53. The maximum absolute atomic E-state index is 13.8. The van der Waals surface area contributed by atoms with Gasteiger partial charge in [-0.3, -0.25) is 9.89 Å². The Morgan fingerprint density at radius 2 is 1.97 bits per heavy atom. The van der Waals surface area contributed by atoms with Gasteiger partial charge >= 0.3 is 0 Å². The molecule has 0 fully saturated rings. The van der Waals surface area contributed by atoms with E-state index in [2.05, 4.69) is 30.5 Å². The van der Waals surface area contributed by atoms with Gasteiger partial charge in [0.25, 0.3) is 5.56 Å². The van der Waals surface area contributed by atoms with Gasteiger partial charge in [-0.2, -0.15) is 5.10 Å². The second-order valence-electron chi connectivity index (χ2n) is 8.11. The second-order valence-corrected chi connectivity index (χ2v) is 9.35. The third-order valence-electron chi connectivity index (χ3n) is 5.75. The lowest BCUT2D eigenvalue weighted by molar-refractivity contribution is 0.110. The van der Waals surface area contributed by atoms with Gasteiger partial charge in [-0.25, -0.2) is 24.5 Å². The zero-order chi connectivity index (χ0) is 25.2. The summed E-state index contributed by atoms with van der Waals surface area (Å²) in [6, 6.07) is 16.1. The second kappa shape index (κ2) is 10.1. The van der Waals surface area contributed by atoms with Crippen molar-refractivity contribution < 1.29 is 4.74 Å². The molecule has 0 aliphatic heterocycles. The van der Waals surface area contributed by atoms with E-state index in [1.807, 2.05) is 30.3 Å². The molecule has 2 N–H and O–H groups in total. The van der Waals surface area contributed by atoms with Crippen LogP contribution in [0.4, 0.5) is 5.82 Å². The van der Waals surface area contributed by atoms with Crippen molar-refractivity contribution in [3.63, 3.8) is 0 Å². The Balaban J connectivity index is 1.48. The maximum atomic E-state index is 13.8. The van der Waals surface area contributed by atoms with Crippen LogP contribution in [-0.2, 0) is 11.3 Å². The lowest BCUT2D eigenvalue weighted by Gasteiger charge is -2.22. The summed E-state index contributed by atoms with van der Waals surface area (Å²) < 4.78 is 7.58. The van der Waals surface area contributed by atoms with Gasteiger partial charge in [0.15, 0.2) is 5.82 Å². The summed E-state index contributed by atoms with van der Waals surface area (Å²) in [4.78, 5) is 32.5. The summed E-state index contributed by atoms with van der Waals surface area (Å²) in [5.41, 5.74) is 3.50. The van der Waals surface area contributed by atoms with E-state index in [9.17, 15) is 4.79 Å². The molecule has 184 valence electrons. The molecule has 0 amide bonds. The van der Waals surface area contributed by atoms with Gasteiger partial charge in [-0.15, -0.1) is 11.3 Å². The summed E-state index contributed by atoms with van der Waals surface area (Å²) in [5.74, 6) is 1.36. The van der Waals surface area contributed by atoms with E-state index >= 15 is 0 Å². The van der Waals surface area contributed by atoms with E-state index < -0.39 is 6.04 Å². The number of ether oxygens (including phenoxy) is 1. The molecule has 10 nitrogen and oxygen atoms in total. The number of benzene rings is 2. The highest BCUT2D eigenvalue weighted by molar-refractivity contribution is 7.16. The number of fused-ring (bicyclic) bond motifs is 2. The van der Waals surface area contributed by atoms with Gasteiger partial charge in [0, 0.05) is 6.07 Å². The van der Waals surface area contributed by atoms with Crippen LogP contribution < -0.4 is 10.9 Å². The van der Waals surface area contributed by atoms with Crippen molar-refractivity contribution in [2.75, 3.05) is 11.9 Å². The fourth-order valence-corrected chi connectivity index (χ4v) is 4.94. The first-order chi connectivity index (χ1) is 18.2. The number of H-pyrrole nitrogens is 1. The predicted molar refractivity (Wildman–Crippen MR) is 142 cm³/mol. The molecule has 4 heterocycles. The highest BCUT2D eigenvalue weighted by Crippen LogP contribution is 2.27. The number of nitrogens with one attached hydrogen (secondary N) is 2. The van der Waals surface area contributed by atoms with E-state index in [4.69, 9.17) is 21.3 Å². The first-order valence-electron chi connectivity index (χ1n) is 11.3. The Bertz CT molecular complexity index is 1740. The number of aromatic amines is 1. The average Bonchev–Trinajstić information content (AvgIpc) is 3.61. The normalized spacial score (nSPS) is 12.2. The van der Waals surface area contributed by atoms with Crippen molar-refractivity contribution in [3.05, 3.63) is 99.4 Å². The molecule has 2 aromatic carbocycles. The zero-order valence-corrected chi connectivity index (χ0v) is 20.8. The summed E-state index contributed by atoms with van der Waals surface area (Å²) in [6.45, 7) is 0.555. The van der Waals surface area contributed by atoms with Crippen molar-refractivity contribution in [1.29, 1.82) is 0 Å². The highest BCUT2D eigenvalue weighted by Gasteiger charge is 2.25. The van der Waals surface area contributed by atoms with E-state index in [0.717, 1.165) is 10.4 Å². The van der Waals surface area contributed by atoms with E-state index in [1.165, 1.54) is 22.2 Å². The van der Waals surface area contributed by atoms with Gasteiger partial charge in [-0.1, -0.05) is 48.0 Å².